The highest BCUT2D eigenvalue weighted by atomic mass is 32.1. The Kier molecular flexibility index (Phi) is 7.13. The van der Waals surface area contributed by atoms with Crippen molar-refractivity contribution in [3.63, 3.8) is 0 Å². The minimum atomic E-state index is 0.717. The van der Waals surface area contributed by atoms with E-state index in [4.69, 9.17) is 12.2 Å². The van der Waals surface area contributed by atoms with Crippen LogP contribution in [0.2, 0.25) is 0 Å². The van der Waals surface area contributed by atoms with Gasteiger partial charge < -0.3 is 15.5 Å². The largest absolute Gasteiger partial charge is 0.362 e. The molecule has 0 bridgehead atoms. The van der Waals surface area contributed by atoms with Crippen LogP contribution in [0.5, 0.6) is 0 Å². The number of benzene rings is 1. The lowest BCUT2D eigenvalue weighted by Crippen LogP contribution is -2.40. The minimum Gasteiger partial charge on any atom is -0.362 e. The molecular weight excluding hydrogens is 290 g/mol. The van der Waals surface area contributed by atoms with Crippen molar-refractivity contribution in [1.82, 2.24) is 10.2 Å². The van der Waals surface area contributed by atoms with E-state index in [-0.39, 0.29) is 0 Å². The molecule has 1 aliphatic rings. The normalized spacial score (nSPS) is 18.9. The van der Waals surface area contributed by atoms with Gasteiger partial charge in [-0.25, -0.2) is 0 Å². The predicted octanol–water partition coefficient (Wildman–Crippen LogP) is 3.94. The monoisotopic (exact) mass is 319 g/mol. The van der Waals surface area contributed by atoms with Crippen LogP contribution in [0.1, 0.15) is 44.6 Å². The molecule has 4 heteroatoms. The van der Waals surface area contributed by atoms with E-state index in [1.807, 2.05) is 0 Å². The van der Waals surface area contributed by atoms with E-state index in [9.17, 15) is 0 Å². The van der Waals surface area contributed by atoms with Crippen LogP contribution in [-0.2, 0) is 0 Å². The lowest BCUT2D eigenvalue weighted by molar-refractivity contribution is 0.143. The Bertz CT molecular complexity index is 458. The molecule has 0 amide bonds. The van der Waals surface area contributed by atoms with Gasteiger partial charge in [-0.1, -0.05) is 31.0 Å². The molecule has 3 nitrogen and oxygen atoms in total. The van der Waals surface area contributed by atoms with E-state index < -0.39 is 0 Å². The number of anilines is 1. The van der Waals surface area contributed by atoms with E-state index in [2.05, 4.69) is 53.6 Å². The van der Waals surface area contributed by atoms with E-state index in [1.54, 1.807) is 0 Å². The Morgan fingerprint density at radius 1 is 1.27 bits per heavy atom. The van der Waals surface area contributed by atoms with Gasteiger partial charge in [-0.05, 0) is 63.5 Å². The molecule has 1 fully saturated rings. The predicted molar refractivity (Wildman–Crippen MR) is 99.5 cm³/mol. The maximum Gasteiger partial charge on any atom is 0.170 e. The molecule has 1 aliphatic heterocycles. The Balaban J connectivity index is 1.63. The highest BCUT2D eigenvalue weighted by molar-refractivity contribution is 7.80. The second kappa shape index (κ2) is 9.11. The van der Waals surface area contributed by atoms with E-state index in [0.717, 1.165) is 29.8 Å². The molecule has 122 valence electrons. The summed E-state index contributed by atoms with van der Waals surface area (Å²) >= 11 is 5.35. The van der Waals surface area contributed by atoms with Crippen LogP contribution >= 0.6 is 12.2 Å². The second-order valence-electron chi connectivity index (χ2n) is 6.19. The number of hydrogen-bond acceptors (Lipinski definition) is 2. The van der Waals surface area contributed by atoms with Crippen LogP contribution in [0, 0.1) is 6.92 Å². The smallest absolute Gasteiger partial charge is 0.170 e. The summed E-state index contributed by atoms with van der Waals surface area (Å²) in [6, 6.07) is 9.09. The second-order valence-corrected chi connectivity index (χ2v) is 6.60. The van der Waals surface area contributed by atoms with Crippen LogP contribution in [0.3, 0.4) is 0 Å². The van der Waals surface area contributed by atoms with Crippen molar-refractivity contribution in [3.8, 4) is 0 Å². The number of thiocarbonyl (C=S) groups is 1. The average Bonchev–Trinajstić information content (AvgIpc) is 2.54. The zero-order chi connectivity index (χ0) is 15.8. The van der Waals surface area contributed by atoms with Gasteiger partial charge in [-0.15, -0.1) is 0 Å². The van der Waals surface area contributed by atoms with Gasteiger partial charge in [0.25, 0.3) is 0 Å². The summed E-state index contributed by atoms with van der Waals surface area (Å²) < 4.78 is 0. The maximum atomic E-state index is 5.35. The minimum absolute atomic E-state index is 0.717. The summed E-state index contributed by atoms with van der Waals surface area (Å²) in [7, 11) is 0. The van der Waals surface area contributed by atoms with Gasteiger partial charge in [0.15, 0.2) is 5.11 Å². The molecule has 0 saturated carbocycles. The maximum absolute atomic E-state index is 5.35. The molecule has 0 radical (unpaired) electrons. The topological polar surface area (TPSA) is 27.3 Å². The SMILES string of the molecule is CCC1CCCCN1CCCNC(=S)Nc1ccc(C)cc1. The number of hydrogen-bond donors (Lipinski definition) is 2. The quantitative estimate of drug-likeness (QED) is 0.613. The number of rotatable bonds is 6. The van der Waals surface area contributed by atoms with Gasteiger partial charge >= 0.3 is 0 Å². The Labute approximate surface area is 140 Å². The standard InChI is InChI=1S/C18H29N3S/c1-3-17-7-4-5-13-21(17)14-6-12-19-18(22)20-16-10-8-15(2)9-11-16/h8-11,17H,3-7,12-14H2,1-2H3,(H2,19,20,22). The van der Waals surface area contributed by atoms with Crippen LogP contribution < -0.4 is 10.6 Å². The fourth-order valence-electron chi connectivity index (χ4n) is 3.11. The van der Waals surface area contributed by atoms with Gasteiger partial charge in [0.1, 0.15) is 0 Å². The zero-order valence-corrected chi connectivity index (χ0v) is 14.7. The van der Waals surface area contributed by atoms with Crippen molar-refractivity contribution in [2.24, 2.45) is 0 Å². The lowest BCUT2D eigenvalue weighted by Gasteiger charge is -2.35. The van der Waals surface area contributed by atoms with Crippen LogP contribution in [0.15, 0.2) is 24.3 Å². The first-order valence-electron chi connectivity index (χ1n) is 8.54. The molecule has 1 atom stereocenters. The molecule has 1 unspecified atom stereocenters. The lowest BCUT2D eigenvalue weighted by atomic mass is 10.00. The van der Waals surface area contributed by atoms with Gasteiger partial charge in [-0.2, -0.15) is 0 Å². The molecule has 0 aromatic heterocycles. The number of piperidine rings is 1. The molecular formula is C18H29N3S. The van der Waals surface area contributed by atoms with E-state index in [0.29, 0.717) is 0 Å². The van der Waals surface area contributed by atoms with Crippen molar-refractivity contribution in [3.05, 3.63) is 29.8 Å². The summed E-state index contributed by atoms with van der Waals surface area (Å²) in [5.41, 5.74) is 2.31. The van der Waals surface area contributed by atoms with Crippen LogP contribution in [0.25, 0.3) is 0 Å². The molecule has 22 heavy (non-hydrogen) atoms. The molecule has 1 heterocycles. The molecule has 1 aromatic carbocycles. The first-order chi connectivity index (χ1) is 10.7. The van der Waals surface area contributed by atoms with E-state index >= 15 is 0 Å². The summed E-state index contributed by atoms with van der Waals surface area (Å²) in [4.78, 5) is 2.65. The van der Waals surface area contributed by atoms with Crippen molar-refractivity contribution in [2.45, 2.75) is 52.0 Å². The van der Waals surface area contributed by atoms with Crippen LogP contribution in [-0.4, -0.2) is 35.7 Å². The Morgan fingerprint density at radius 2 is 2.05 bits per heavy atom. The molecule has 1 saturated heterocycles. The third-order valence-electron chi connectivity index (χ3n) is 4.44. The van der Waals surface area contributed by atoms with Gasteiger partial charge in [-0.3, -0.25) is 0 Å². The average molecular weight is 320 g/mol. The van der Waals surface area contributed by atoms with Crippen molar-refractivity contribution < 1.29 is 0 Å². The highest BCUT2D eigenvalue weighted by Crippen LogP contribution is 2.19. The van der Waals surface area contributed by atoms with Crippen molar-refractivity contribution >= 4 is 23.0 Å². The summed E-state index contributed by atoms with van der Waals surface area (Å²) in [6.45, 7) is 7.78. The number of nitrogens with zero attached hydrogens (tertiary/aromatic N) is 1. The molecule has 0 aliphatic carbocycles. The third kappa shape index (κ3) is 5.58. The third-order valence-corrected chi connectivity index (χ3v) is 4.68. The summed E-state index contributed by atoms with van der Waals surface area (Å²) in [5.74, 6) is 0. The molecule has 1 aromatic rings. The number of nitrogens with one attached hydrogen (secondary N) is 2. The fourth-order valence-corrected chi connectivity index (χ4v) is 3.33. The Hall–Kier alpha value is -1.13. The summed E-state index contributed by atoms with van der Waals surface area (Å²) in [5, 5.41) is 7.26. The molecule has 0 spiro atoms. The van der Waals surface area contributed by atoms with Gasteiger partial charge in [0.05, 0.1) is 0 Å². The van der Waals surface area contributed by atoms with Gasteiger partial charge in [0.2, 0.25) is 0 Å². The highest BCUT2D eigenvalue weighted by Gasteiger charge is 2.19. The van der Waals surface area contributed by atoms with Crippen molar-refractivity contribution in [1.29, 1.82) is 0 Å². The van der Waals surface area contributed by atoms with Crippen LogP contribution in [0.4, 0.5) is 5.69 Å². The fraction of sp³-hybridized carbons (Fsp3) is 0.611. The number of aryl methyl sites for hydroxylation is 1. The Morgan fingerprint density at radius 3 is 2.77 bits per heavy atom. The van der Waals surface area contributed by atoms with Gasteiger partial charge in [0, 0.05) is 24.8 Å². The summed E-state index contributed by atoms with van der Waals surface area (Å²) in [6.07, 6.45) is 6.56. The van der Waals surface area contributed by atoms with E-state index in [1.165, 1.54) is 44.3 Å². The first-order valence-corrected chi connectivity index (χ1v) is 8.95. The molecule has 2 rings (SSSR count). The molecule has 2 N–H and O–H groups in total. The van der Waals surface area contributed by atoms with Crippen molar-refractivity contribution in [2.75, 3.05) is 25.0 Å². The first kappa shape index (κ1) is 17.2. The number of likely N-dealkylation sites (tertiary alicyclic amines) is 1. The zero-order valence-electron chi connectivity index (χ0n) is 13.9.